The number of carbonyl (C=O) groups is 1. The molecule has 3 unspecified atom stereocenters. The Hall–Kier alpha value is -5.46. The molecule has 12 rings (SSSR count). The van der Waals surface area contributed by atoms with Gasteiger partial charge in [-0.15, -0.1) is 0 Å². The topological polar surface area (TPSA) is 202 Å². The minimum absolute atomic E-state index is 0.00791. The molecule has 0 saturated carbocycles. The fourth-order valence-corrected chi connectivity index (χ4v) is 15.0. The van der Waals surface area contributed by atoms with Gasteiger partial charge in [-0.3, -0.25) is 4.90 Å². The van der Waals surface area contributed by atoms with Crippen molar-refractivity contribution in [3.63, 3.8) is 0 Å². The SMILES string of the molecule is CC(C)(C)C1C(n2cnc(CCCc3c(Cl)cc(O)cc3B3OC(C)(C)C(C)(C)O3)n2)CCCN1C(=O)Oc1cc(Cl)c(CCCc2ncn(C3CCCN(c4nc(OC[C@@]56CCCN5C[C@H](F)C6)nc5c(F)c(Cl)ncc45)C3)n2)c(B2OC(C)(C)C(C)(C)O2)c1. The summed E-state index contributed by atoms with van der Waals surface area (Å²) in [4.78, 5) is 43.8. The van der Waals surface area contributed by atoms with E-state index in [0.717, 1.165) is 49.8 Å². The summed E-state index contributed by atoms with van der Waals surface area (Å²) < 4.78 is 72.8. The maximum absolute atomic E-state index is 15.7. The lowest BCUT2D eigenvalue weighted by molar-refractivity contribution is 0.00578. The Kier molecular flexibility index (Phi) is 18.0. The fourth-order valence-electron chi connectivity index (χ4n) is 14.2. The lowest BCUT2D eigenvalue weighted by Gasteiger charge is -2.47. The molecule has 1 N–H and O–H groups in total. The van der Waals surface area contributed by atoms with Crippen LogP contribution in [0.4, 0.5) is 19.4 Å². The van der Waals surface area contributed by atoms with Gasteiger partial charge in [-0.05, 0) is 178 Å². The minimum Gasteiger partial charge on any atom is -0.508 e. The first kappa shape index (κ1) is 65.6. The number of rotatable bonds is 17. The number of aromatic hydroxyl groups is 1. The number of halogens is 5. The van der Waals surface area contributed by atoms with E-state index in [1.165, 1.54) is 6.20 Å². The van der Waals surface area contributed by atoms with E-state index in [2.05, 4.69) is 40.5 Å². The number of ether oxygens (including phenoxy) is 2. The number of nitrogens with zero attached hydrogens (tertiary/aromatic N) is 12. The normalized spacial score (nSPS) is 24.7. The van der Waals surface area contributed by atoms with Crippen molar-refractivity contribution in [2.75, 3.05) is 44.2 Å². The molecule has 91 heavy (non-hydrogen) atoms. The largest absolute Gasteiger partial charge is 0.508 e. The van der Waals surface area contributed by atoms with Crippen molar-refractivity contribution >= 4 is 82.8 Å². The second-order valence-corrected chi connectivity index (χ2v) is 29.9. The number of hydrogen-bond donors (Lipinski definition) is 1. The number of anilines is 1. The van der Waals surface area contributed by atoms with Gasteiger partial charge >= 0.3 is 26.3 Å². The predicted octanol–water partition coefficient (Wildman–Crippen LogP) is 11.0. The molecule has 0 radical (unpaired) electrons. The molecular formula is C64H83B2Cl3F2N12O8. The summed E-state index contributed by atoms with van der Waals surface area (Å²) >= 11 is 20.3. The van der Waals surface area contributed by atoms with Gasteiger partial charge < -0.3 is 43.0 Å². The fraction of sp³-hybridized carbons (Fsp3) is 0.625. The van der Waals surface area contributed by atoms with Crippen LogP contribution in [0.2, 0.25) is 15.2 Å². The highest BCUT2D eigenvalue weighted by Crippen LogP contribution is 2.44. The summed E-state index contributed by atoms with van der Waals surface area (Å²) in [6, 6.07) is 6.13. The molecular weight excluding hydrogens is 1230 g/mol. The summed E-state index contributed by atoms with van der Waals surface area (Å²) in [6.07, 6.45) is 12.3. The number of fused-ring (bicyclic) bond motifs is 2. The molecule has 0 bridgehead atoms. The van der Waals surface area contributed by atoms with Gasteiger partial charge in [0.05, 0.1) is 51.5 Å². The molecule has 0 aliphatic carbocycles. The standard InChI is InChI=1S/C64H83B2Cl3F2N12O8/c1-59(2,3)54-49(83-37-74-51(78-83)22-12-18-42-45(27-40(84)28-47(42)67)65-88-60(4,5)61(6,7)89-65)20-15-26-81(54)58(85)87-41-29-46(66-90-62(8,9)63(10,11)91-66)43(48(68)30-41)19-13-21-50-73-36-82(77-50)39-17-14-24-79(34-39)56-44-32-72-55(69)52(71)53(44)75-57(76-56)86-35-64-23-16-25-80(64)33-38(70)31-64/h27-30,32,36-39,49,54,84H,12-26,31,33-35H2,1-11H3/t38-,39?,49?,54?,64+/m1/s1. The first-order chi connectivity index (χ1) is 43.0. The van der Waals surface area contributed by atoms with Crippen molar-refractivity contribution in [1.82, 2.24) is 54.3 Å². The van der Waals surface area contributed by atoms with Crippen molar-refractivity contribution in [2.45, 2.75) is 212 Å². The zero-order valence-electron chi connectivity index (χ0n) is 54.0. The molecule has 27 heteroatoms. The van der Waals surface area contributed by atoms with E-state index in [0.29, 0.717) is 121 Å². The monoisotopic (exact) mass is 1310 g/mol. The van der Waals surface area contributed by atoms with Gasteiger partial charge in [-0.25, -0.2) is 37.9 Å². The summed E-state index contributed by atoms with van der Waals surface area (Å²) in [5.74, 6) is 1.35. The molecule has 0 spiro atoms. The number of phenolic OH excluding ortho intramolecular Hbond substituents is 1. The summed E-state index contributed by atoms with van der Waals surface area (Å²) in [7, 11) is -1.50. The number of benzene rings is 2. The number of phenols is 1. The average molecular weight is 1310 g/mol. The number of alkyl halides is 1. The van der Waals surface area contributed by atoms with Gasteiger partial charge in [0.25, 0.3) is 0 Å². The molecule has 6 saturated heterocycles. The number of piperidine rings is 2. The maximum Gasteiger partial charge on any atom is 0.495 e. The van der Waals surface area contributed by atoms with Crippen LogP contribution in [0.25, 0.3) is 10.9 Å². The van der Waals surface area contributed by atoms with Gasteiger partial charge in [-0.2, -0.15) is 20.2 Å². The highest BCUT2D eigenvalue weighted by Gasteiger charge is 2.55. The van der Waals surface area contributed by atoms with Crippen LogP contribution in [0.5, 0.6) is 17.5 Å². The lowest BCUT2D eigenvalue weighted by Crippen LogP contribution is -2.55. The summed E-state index contributed by atoms with van der Waals surface area (Å²) in [6.45, 7) is 25.3. The number of carbonyl (C=O) groups excluding carboxylic acids is 1. The zero-order valence-corrected chi connectivity index (χ0v) is 56.3. The number of aryl methyl sites for hydroxylation is 2. The van der Waals surface area contributed by atoms with E-state index in [9.17, 15) is 14.3 Å². The van der Waals surface area contributed by atoms with Crippen LogP contribution in [0, 0.1) is 11.2 Å². The van der Waals surface area contributed by atoms with Crippen LogP contribution in [-0.2, 0) is 44.3 Å². The molecule has 6 fully saturated rings. The van der Waals surface area contributed by atoms with E-state index >= 15 is 4.39 Å². The van der Waals surface area contributed by atoms with Crippen LogP contribution in [0.1, 0.15) is 169 Å². The molecule has 6 aliphatic rings. The molecule has 4 aromatic heterocycles. The van der Waals surface area contributed by atoms with E-state index < -0.39 is 65.7 Å². The van der Waals surface area contributed by atoms with Crippen molar-refractivity contribution in [3.05, 3.63) is 86.9 Å². The van der Waals surface area contributed by atoms with Crippen LogP contribution in [0.15, 0.2) is 43.1 Å². The number of amides is 1. The van der Waals surface area contributed by atoms with E-state index in [1.54, 1.807) is 30.9 Å². The number of likely N-dealkylation sites (tertiary alicyclic amines) is 1. The molecule has 10 heterocycles. The number of pyridine rings is 1. The first-order valence-electron chi connectivity index (χ1n) is 32.1. The van der Waals surface area contributed by atoms with Gasteiger partial charge in [0.2, 0.25) is 0 Å². The Labute approximate surface area is 547 Å². The quantitative estimate of drug-likeness (QED) is 0.0666. The number of hydrogen-bond acceptors (Lipinski definition) is 17. The Morgan fingerprint density at radius 2 is 1.35 bits per heavy atom. The third kappa shape index (κ3) is 13.1. The van der Waals surface area contributed by atoms with Crippen molar-refractivity contribution in [2.24, 2.45) is 5.41 Å². The molecule has 6 aliphatic heterocycles. The third-order valence-corrected chi connectivity index (χ3v) is 21.3. The Balaban J connectivity index is 0.715. The van der Waals surface area contributed by atoms with Crippen molar-refractivity contribution in [1.29, 1.82) is 0 Å². The van der Waals surface area contributed by atoms with Gasteiger partial charge in [0.15, 0.2) is 22.6 Å². The third-order valence-electron chi connectivity index (χ3n) is 20.4. The van der Waals surface area contributed by atoms with Gasteiger partial charge in [-0.1, -0.05) is 55.6 Å². The summed E-state index contributed by atoms with van der Waals surface area (Å²) in [5.41, 5.74) is -0.304. The molecule has 6 aromatic rings. The lowest BCUT2D eigenvalue weighted by atomic mass is 9.74. The second kappa shape index (κ2) is 25.0. The smallest absolute Gasteiger partial charge is 0.495 e. The second-order valence-electron chi connectivity index (χ2n) is 28.8. The molecule has 20 nitrogen and oxygen atoms in total. The van der Waals surface area contributed by atoms with E-state index in [-0.39, 0.29) is 52.9 Å². The Morgan fingerprint density at radius 3 is 2.00 bits per heavy atom. The summed E-state index contributed by atoms with van der Waals surface area (Å²) in [5, 5.41) is 21.5. The Bertz CT molecular complexity index is 3670. The van der Waals surface area contributed by atoms with Crippen LogP contribution in [-0.4, -0.2) is 159 Å². The highest BCUT2D eigenvalue weighted by molar-refractivity contribution is 6.63. The molecule has 2 aromatic carbocycles. The molecule has 1 amide bonds. The first-order valence-corrected chi connectivity index (χ1v) is 33.2. The van der Waals surface area contributed by atoms with Crippen LogP contribution >= 0.6 is 34.8 Å². The highest BCUT2D eigenvalue weighted by atomic mass is 35.5. The molecule has 488 valence electrons. The van der Waals surface area contributed by atoms with Crippen molar-refractivity contribution in [3.8, 4) is 17.5 Å². The van der Waals surface area contributed by atoms with Crippen LogP contribution < -0.4 is 25.3 Å². The number of aromatic nitrogens is 9. The van der Waals surface area contributed by atoms with E-state index in [4.69, 9.17) is 88.0 Å². The average Bonchev–Trinajstić information content (AvgIpc) is 1.79. The van der Waals surface area contributed by atoms with Crippen LogP contribution in [0.3, 0.4) is 0 Å². The van der Waals surface area contributed by atoms with Crippen molar-refractivity contribution < 1.29 is 46.8 Å². The van der Waals surface area contributed by atoms with Gasteiger partial charge in [0, 0.05) is 61.7 Å². The zero-order chi connectivity index (χ0) is 64.7. The minimum atomic E-state index is -0.928. The van der Waals surface area contributed by atoms with E-state index in [1.807, 2.05) is 75.7 Å². The predicted molar refractivity (Wildman–Crippen MR) is 346 cm³/mol. The van der Waals surface area contributed by atoms with Gasteiger partial charge in [0.1, 0.15) is 48.3 Å². The maximum atomic E-state index is 15.7. The molecule has 5 atom stereocenters. The Morgan fingerprint density at radius 1 is 0.747 bits per heavy atom.